The van der Waals surface area contributed by atoms with E-state index >= 15 is 0 Å². The number of hydrogen-bond acceptors (Lipinski definition) is 4. The maximum atomic E-state index is 10.9. The Morgan fingerprint density at radius 2 is 2.55 bits per heavy atom. The van der Waals surface area contributed by atoms with Crippen molar-refractivity contribution in [1.29, 1.82) is 5.26 Å². The lowest BCUT2D eigenvalue weighted by Crippen LogP contribution is -2.00. The first kappa shape index (κ1) is 7.76. The molecule has 56 valence electrons. The second kappa shape index (κ2) is 3.17. The molecule has 1 heterocycles. The molecule has 0 unspecified atom stereocenters. The van der Waals surface area contributed by atoms with Gasteiger partial charge in [-0.2, -0.15) is 5.26 Å². The van der Waals surface area contributed by atoms with Crippen molar-refractivity contribution < 1.29 is 9.53 Å². The lowest BCUT2D eigenvalue weighted by atomic mass is 10.3. The molecule has 3 nitrogen and oxygen atoms in total. The number of ether oxygens (including phenoxy) is 1. The van der Waals surface area contributed by atoms with Crippen LogP contribution in [0, 0.1) is 11.3 Å². The number of nitrogens with zero attached hydrogens (tertiary/aromatic N) is 1. The summed E-state index contributed by atoms with van der Waals surface area (Å²) in [7, 11) is 1.29. The molecule has 0 spiro atoms. The Bertz CT molecular complexity index is 310. The van der Waals surface area contributed by atoms with Gasteiger partial charge in [0.25, 0.3) is 0 Å². The van der Waals surface area contributed by atoms with Crippen molar-refractivity contribution in [1.82, 2.24) is 0 Å². The number of nitriles is 1. The third kappa shape index (κ3) is 1.38. The van der Waals surface area contributed by atoms with Crippen molar-refractivity contribution in [2.24, 2.45) is 0 Å². The normalized spacial score (nSPS) is 8.73. The van der Waals surface area contributed by atoms with E-state index in [1.807, 2.05) is 6.07 Å². The minimum absolute atomic E-state index is 0.347. The third-order valence-electron chi connectivity index (χ3n) is 1.17. The average Bonchev–Trinajstić information content (AvgIpc) is 2.50. The quantitative estimate of drug-likeness (QED) is 0.594. The van der Waals surface area contributed by atoms with E-state index < -0.39 is 5.97 Å². The molecule has 0 atom stereocenters. The lowest BCUT2D eigenvalue weighted by molar-refractivity contribution is 0.0601. The summed E-state index contributed by atoms with van der Waals surface area (Å²) in [5.74, 6) is -0.456. The number of carbonyl (C=O) groups excluding carboxylic acids is 1. The van der Waals surface area contributed by atoms with Crippen LogP contribution in [-0.2, 0) is 4.74 Å². The molecule has 1 rings (SSSR count). The summed E-state index contributed by atoms with van der Waals surface area (Å²) in [5.41, 5.74) is 0.347. The van der Waals surface area contributed by atoms with Gasteiger partial charge < -0.3 is 4.74 Å². The second-order valence-electron chi connectivity index (χ2n) is 1.77. The molecule has 0 saturated heterocycles. The zero-order valence-electron chi connectivity index (χ0n) is 5.83. The zero-order valence-corrected chi connectivity index (χ0v) is 6.64. The van der Waals surface area contributed by atoms with Crippen molar-refractivity contribution in [3.8, 4) is 6.07 Å². The summed E-state index contributed by atoms with van der Waals surface area (Å²) in [6.07, 6.45) is 0. The van der Waals surface area contributed by atoms with Crippen molar-refractivity contribution in [3.63, 3.8) is 0 Å². The number of carbonyl (C=O) groups is 1. The molecule has 0 fully saturated rings. The topological polar surface area (TPSA) is 50.1 Å². The molecule has 0 saturated carbocycles. The molecule has 1 aromatic rings. The van der Waals surface area contributed by atoms with Gasteiger partial charge in [-0.1, -0.05) is 0 Å². The highest BCUT2D eigenvalue weighted by atomic mass is 32.1. The highest BCUT2D eigenvalue weighted by molar-refractivity contribution is 7.10. The molecule has 0 bridgehead atoms. The van der Waals surface area contributed by atoms with Crippen LogP contribution in [0.4, 0.5) is 0 Å². The molecule has 0 aromatic carbocycles. The van der Waals surface area contributed by atoms with Gasteiger partial charge in [0, 0.05) is 0 Å². The Morgan fingerprint density at radius 1 is 1.82 bits per heavy atom. The van der Waals surface area contributed by atoms with Crippen LogP contribution in [0.2, 0.25) is 0 Å². The van der Waals surface area contributed by atoms with Gasteiger partial charge in [0.15, 0.2) is 0 Å². The van der Waals surface area contributed by atoms with E-state index in [0.29, 0.717) is 10.4 Å². The molecule has 0 aliphatic rings. The van der Waals surface area contributed by atoms with Crippen LogP contribution in [-0.4, -0.2) is 13.1 Å². The molecule has 0 aliphatic heterocycles. The maximum absolute atomic E-state index is 10.9. The average molecular weight is 167 g/mol. The van der Waals surface area contributed by atoms with Gasteiger partial charge in [0.1, 0.15) is 10.9 Å². The van der Waals surface area contributed by atoms with Crippen molar-refractivity contribution >= 4 is 17.3 Å². The Kier molecular flexibility index (Phi) is 2.24. The standard InChI is InChI=1S/C7H5NO2S/c1-10-7(9)5-2-3-11-6(5)4-8/h2-3H,1H3. The largest absolute Gasteiger partial charge is 0.465 e. The van der Waals surface area contributed by atoms with Crippen LogP contribution in [0.15, 0.2) is 11.4 Å². The molecule has 11 heavy (non-hydrogen) atoms. The van der Waals surface area contributed by atoms with E-state index in [2.05, 4.69) is 4.74 Å². The molecule has 4 heteroatoms. The predicted molar refractivity (Wildman–Crippen MR) is 40.4 cm³/mol. The summed E-state index contributed by atoms with van der Waals surface area (Å²) in [5, 5.41) is 10.2. The predicted octanol–water partition coefficient (Wildman–Crippen LogP) is 1.41. The fraction of sp³-hybridized carbons (Fsp3) is 0.143. The summed E-state index contributed by atoms with van der Waals surface area (Å²) in [6.45, 7) is 0. The Labute approximate surface area is 67.8 Å². The monoisotopic (exact) mass is 167 g/mol. The van der Waals surface area contributed by atoms with Gasteiger partial charge in [-0.25, -0.2) is 4.79 Å². The summed E-state index contributed by atoms with van der Waals surface area (Å²) in [4.78, 5) is 11.3. The van der Waals surface area contributed by atoms with E-state index in [9.17, 15) is 4.79 Å². The van der Waals surface area contributed by atoms with Crippen LogP contribution in [0.5, 0.6) is 0 Å². The van der Waals surface area contributed by atoms with E-state index in [1.54, 1.807) is 11.4 Å². The number of hydrogen-bond donors (Lipinski definition) is 0. The van der Waals surface area contributed by atoms with Crippen LogP contribution in [0.1, 0.15) is 15.2 Å². The smallest absolute Gasteiger partial charge is 0.340 e. The molecule has 0 amide bonds. The van der Waals surface area contributed by atoms with E-state index in [4.69, 9.17) is 5.26 Å². The molecule has 0 aliphatic carbocycles. The Hall–Kier alpha value is -1.34. The summed E-state index contributed by atoms with van der Waals surface area (Å²) in [6, 6.07) is 3.49. The molecule has 1 aromatic heterocycles. The van der Waals surface area contributed by atoms with Crippen LogP contribution < -0.4 is 0 Å². The first-order chi connectivity index (χ1) is 5.29. The van der Waals surface area contributed by atoms with Gasteiger partial charge >= 0.3 is 5.97 Å². The van der Waals surface area contributed by atoms with E-state index in [1.165, 1.54) is 18.4 Å². The number of rotatable bonds is 1. The molecular weight excluding hydrogens is 162 g/mol. The Morgan fingerprint density at radius 3 is 3.09 bits per heavy atom. The van der Waals surface area contributed by atoms with Crippen LogP contribution in [0.3, 0.4) is 0 Å². The van der Waals surface area contributed by atoms with E-state index in [-0.39, 0.29) is 0 Å². The van der Waals surface area contributed by atoms with Crippen molar-refractivity contribution in [2.75, 3.05) is 7.11 Å². The molecule has 0 radical (unpaired) electrons. The SMILES string of the molecule is COC(=O)c1ccsc1C#N. The number of esters is 1. The van der Waals surface area contributed by atoms with E-state index in [0.717, 1.165) is 0 Å². The van der Waals surface area contributed by atoms with Gasteiger partial charge in [-0.05, 0) is 11.4 Å². The second-order valence-corrected chi connectivity index (χ2v) is 2.68. The Balaban J connectivity index is 3.05. The minimum atomic E-state index is -0.456. The fourth-order valence-electron chi connectivity index (χ4n) is 0.667. The third-order valence-corrected chi connectivity index (χ3v) is 1.99. The lowest BCUT2D eigenvalue weighted by Gasteiger charge is -1.93. The maximum Gasteiger partial charge on any atom is 0.340 e. The highest BCUT2D eigenvalue weighted by Gasteiger charge is 2.11. The summed E-state index contributed by atoms with van der Waals surface area (Å²) < 4.78 is 4.45. The van der Waals surface area contributed by atoms with Crippen molar-refractivity contribution in [3.05, 3.63) is 21.9 Å². The van der Waals surface area contributed by atoms with Gasteiger partial charge in [-0.15, -0.1) is 11.3 Å². The number of methoxy groups -OCH3 is 1. The minimum Gasteiger partial charge on any atom is -0.465 e. The fourth-order valence-corrected chi connectivity index (χ4v) is 1.34. The van der Waals surface area contributed by atoms with Crippen molar-refractivity contribution in [2.45, 2.75) is 0 Å². The molecule has 0 N–H and O–H groups in total. The first-order valence-electron chi connectivity index (χ1n) is 2.85. The van der Waals surface area contributed by atoms with Gasteiger partial charge in [-0.3, -0.25) is 0 Å². The first-order valence-corrected chi connectivity index (χ1v) is 3.73. The van der Waals surface area contributed by atoms with Gasteiger partial charge in [0.05, 0.1) is 12.7 Å². The highest BCUT2D eigenvalue weighted by Crippen LogP contribution is 2.15. The van der Waals surface area contributed by atoms with Crippen LogP contribution in [0.25, 0.3) is 0 Å². The summed E-state index contributed by atoms with van der Waals surface area (Å²) >= 11 is 1.23. The number of thiophene rings is 1. The van der Waals surface area contributed by atoms with Gasteiger partial charge in [0.2, 0.25) is 0 Å². The van der Waals surface area contributed by atoms with Crippen LogP contribution >= 0.6 is 11.3 Å². The molecular formula is C7H5NO2S. The zero-order chi connectivity index (χ0) is 8.27.